The molecule has 0 saturated carbocycles. The van der Waals surface area contributed by atoms with Gasteiger partial charge in [-0.2, -0.15) is 10.2 Å². The van der Waals surface area contributed by atoms with Crippen LogP contribution in [0.3, 0.4) is 0 Å². The highest BCUT2D eigenvalue weighted by Gasteiger charge is 2.14. The third kappa shape index (κ3) is 4.33. The SMILES string of the molecule is COc1cc(/C=N\Nc2cn[nH]c(=O)c2Cl)ccc1OC(=O)c1ccco1. The van der Waals surface area contributed by atoms with Gasteiger partial charge in [-0.1, -0.05) is 11.6 Å². The zero-order chi connectivity index (χ0) is 19.2. The number of carbonyl (C=O) groups is 1. The number of furan rings is 1. The molecule has 0 unspecified atom stereocenters. The van der Waals surface area contributed by atoms with E-state index in [2.05, 4.69) is 20.7 Å². The van der Waals surface area contributed by atoms with Crippen molar-refractivity contribution in [3.63, 3.8) is 0 Å². The Balaban J connectivity index is 1.72. The number of nitrogens with one attached hydrogen (secondary N) is 2. The van der Waals surface area contributed by atoms with Crippen molar-refractivity contribution in [1.29, 1.82) is 0 Å². The predicted octanol–water partition coefficient (Wildman–Crippen LogP) is 2.69. The Hall–Kier alpha value is -3.59. The minimum atomic E-state index is -0.641. The molecule has 1 aromatic carbocycles. The number of aromatic amines is 1. The summed E-state index contributed by atoms with van der Waals surface area (Å²) in [6.45, 7) is 0. The first-order chi connectivity index (χ1) is 13.1. The molecule has 0 aliphatic carbocycles. The normalized spacial score (nSPS) is 10.7. The average molecular weight is 389 g/mol. The Morgan fingerprint density at radius 1 is 1.37 bits per heavy atom. The van der Waals surface area contributed by atoms with Crippen LogP contribution in [-0.2, 0) is 0 Å². The first-order valence-electron chi connectivity index (χ1n) is 7.54. The summed E-state index contributed by atoms with van der Waals surface area (Å²) in [6, 6.07) is 7.92. The minimum absolute atomic E-state index is 0.0556. The molecular formula is C17H13ClN4O5. The second kappa shape index (κ2) is 8.19. The van der Waals surface area contributed by atoms with Crippen LogP contribution in [-0.4, -0.2) is 29.5 Å². The molecule has 2 aromatic heterocycles. The van der Waals surface area contributed by atoms with E-state index in [1.165, 1.54) is 31.9 Å². The maximum Gasteiger partial charge on any atom is 0.379 e. The van der Waals surface area contributed by atoms with Crippen LogP contribution in [0.4, 0.5) is 5.69 Å². The molecule has 0 atom stereocenters. The molecule has 3 rings (SSSR count). The lowest BCUT2D eigenvalue weighted by Gasteiger charge is -2.09. The number of hydrogen-bond acceptors (Lipinski definition) is 8. The number of H-pyrrole nitrogens is 1. The van der Waals surface area contributed by atoms with Crippen molar-refractivity contribution in [2.45, 2.75) is 0 Å². The molecule has 27 heavy (non-hydrogen) atoms. The number of nitrogens with zero attached hydrogens (tertiary/aromatic N) is 2. The Morgan fingerprint density at radius 3 is 2.96 bits per heavy atom. The van der Waals surface area contributed by atoms with Crippen LogP contribution < -0.4 is 20.5 Å². The summed E-state index contributed by atoms with van der Waals surface area (Å²) in [5.74, 6) is -0.00592. The maximum atomic E-state index is 12.0. The maximum absolute atomic E-state index is 12.0. The summed E-state index contributed by atoms with van der Waals surface area (Å²) in [6.07, 6.45) is 4.18. The number of anilines is 1. The van der Waals surface area contributed by atoms with Crippen LogP contribution in [0.25, 0.3) is 0 Å². The highest BCUT2D eigenvalue weighted by molar-refractivity contribution is 6.32. The van der Waals surface area contributed by atoms with Gasteiger partial charge in [-0.25, -0.2) is 9.89 Å². The van der Waals surface area contributed by atoms with Crippen molar-refractivity contribution in [3.05, 3.63) is 69.5 Å². The molecule has 0 radical (unpaired) electrons. The number of ether oxygens (including phenoxy) is 2. The van der Waals surface area contributed by atoms with Crippen molar-refractivity contribution >= 4 is 29.5 Å². The van der Waals surface area contributed by atoms with Crippen molar-refractivity contribution in [3.8, 4) is 11.5 Å². The van der Waals surface area contributed by atoms with Gasteiger partial charge in [0.05, 0.1) is 25.8 Å². The van der Waals surface area contributed by atoms with Crippen LogP contribution in [0.15, 0.2) is 57.1 Å². The quantitative estimate of drug-likeness (QED) is 0.288. The Bertz CT molecular complexity index is 1030. The highest BCUT2D eigenvalue weighted by Crippen LogP contribution is 2.28. The molecule has 138 valence electrons. The first-order valence-corrected chi connectivity index (χ1v) is 7.92. The molecule has 3 aromatic rings. The minimum Gasteiger partial charge on any atom is -0.493 e. The van der Waals surface area contributed by atoms with Crippen molar-refractivity contribution < 1.29 is 18.7 Å². The topological polar surface area (TPSA) is 119 Å². The van der Waals surface area contributed by atoms with Gasteiger partial charge in [0.1, 0.15) is 10.7 Å². The molecule has 0 spiro atoms. The molecule has 10 heteroatoms. The van der Waals surface area contributed by atoms with E-state index in [-0.39, 0.29) is 22.2 Å². The fourth-order valence-electron chi connectivity index (χ4n) is 2.03. The van der Waals surface area contributed by atoms with Gasteiger partial charge in [0.15, 0.2) is 11.5 Å². The fourth-order valence-corrected chi connectivity index (χ4v) is 2.16. The third-order valence-electron chi connectivity index (χ3n) is 3.31. The first kappa shape index (κ1) is 18.2. The number of esters is 1. The van der Waals surface area contributed by atoms with E-state index in [1.54, 1.807) is 24.3 Å². The van der Waals surface area contributed by atoms with Gasteiger partial charge in [-0.15, -0.1) is 0 Å². The number of hydrazone groups is 1. The standard InChI is InChI=1S/C17H13ClN4O5/c1-25-14-7-10(8-19-21-11-9-20-22-16(23)15(11)18)4-5-12(14)27-17(24)13-3-2-6-26-13/h2-9H,1H3,(H2,21,22,23)/b19-8-. The third-order valence-corrected chi connectivity index (χ3v) is 3.68. The largest absolute Gasteiger partial charge is 0.493 e. The number of hydrogen-bond donors (Lipinski definition) is 2. The Morgan fingerprint density at radius 2 is 2.22 bits per heavy atom. The summed E-state index contributed by atoms with van der Waals surface area (Å²) in [7, 11) is 1.44. The number of rotatable bonds is 6. The molecule has 2 N–H and O–H groups in total. The molecule has 0 saturated heterocycles. The average Bonchev–Trinajstić information content (AvgIpc) is 3.21. The van der Waals surface area contributed by atoms with Gasteiger partial charge in [-0.05, 0) is 35.9 Å². The monoisotopic (exact) mass is 388 g/mol. The summed E-state index contributed by atoms with van der Waals surface area (Å²) in [4.78, 5) is 23.3. The van der Waals surface area contributed by atoms with Gasteiger partial charge in [0.25, 0.3) is 5.56 Å². The molecule has 9 nitrogen and oxygen atoms in total. The Kier molecular flexibility index (Phi) is 5.53. The lowest BCUT2D eigenvalue weighted by Crippen LogP contribution is -2.10. The van der Waals surface area contributed by atoms with Crippen molar-refractivity contribution in [2.24, 2.45) is 5.10 Å². The van der Waals surface area contributed by atoms with E-state index in [0.29, 0.717) is 11.3 Å². The van der Waals surface area contributed by atoms with E-state index < -0.39 is 11.5 Å². The molecule has 0 bridgehead atoms. The Labute approximate surface area is 157 Å². The van der Waals surface area contributed by atoms with Crippen molar-refractivity contribution in [1.82, 2.24) is 10.2 Å². The highest BCUT2D eigenvalue weighted by atomic mass is 35.5. The van der Waals surface area contributed by atoms with Gasteiger partial charge >= 0.3 is 5.97 Å². The second-order valence-electron chi connectivity index (χ2n) is 5.07. The number of benzene rings is 1. The van der Waals surface area contributed by atoms with Crippen molar-refractivity contribution in [2.75, 3.05) is 12.5 Å². The number of halogens is 1. The molecular weight excluding hydrogens is 376 g/mol. The zero-order valence-corrected chi connectivity index (χ0v) is 14.7. The van der Waals surface area contributed by atoms with Crippen LogP contribution >= 0.6 is 11.6 Å². The van der Waals surface area contributed by atoms with Crippen LogP contribution in [0.5, 0.6) is 11.5 Å². The molecule has 0 aliphatic heterocycles. The van der Waals surface area contributed by atoms with Crippen LogP contribution in [0, 0.1) is 0 Å². The van der Waals surface area contributed by atoms with Gasteiger partial charge in [0.2, 0.25) is 5.76 Å². The van der Waals surface area contributed by atoms with Gasteiger partial charge in [-0.3, -0.25) is 10.2 Å². The molecule has 0 aliphatic rings. The van der Waals surface area contributed by atoms with E-state index in [0.717, 1.165) is 0 Å². The molecule has 2 heterocycles. The smallest absolute Gasteiger partial charge is 0.379 e. The number of methoxy groups -OCH3 is 1. The molecule has 0 amide bonds. The second-order valence-corrected chi connectivity index (χ2v) is 5.45. The summed E-state index contributed by atoms with van der Waals surface area (Å²) in [5, 5.41) is 9.76. The van der Waals surface area contributed by atoms with E-state index >= 15 is 0 Å². The van der Waals surface area contributed by atoms with E-state index in [1.807, 2.05) is 0 Å². The predicted molar refractivity (Wildman–Crippen MR) is 97.7 cm³/mol. The number of carbonyl (C=O) groups excluding carboxylic acids is 1. The van der Waals surface area contributed by atoms with E-state index in [9.17, 15) is 9.59 Å². The number of aromatic nitrogens is 2. The van der Waals surface area contributed by atoms with Crippen LogP contribution in [0.2, 0.25) is 5.02 Å². The van der Waals surface area contributed by atoms with Gasteiger partial charge in [0, 0.05) is 0 Å². The lowest BCUT2D eigenvalue weighted by atomic mass is 10.2. The fraction of sp³-hybridized carbons (Fsp3) is 0.0588. The summed E-state index contributed by atoms with van der Waals surface area (Å²) >= 11 is 5.84. The lowest BCUT2D eigenvalue weighted by molar-refractivity contribution is 0.0696. The van der Waals surface area contributed by atoms with Crippen LogP contribution in [0.1, 0.15) is 16.1 Å². The molecule has 0 fully saturated rings. The van der Waals surface area contributed by atoms with Gasteiger partial charge < -0.3 is 13.9 Å². The summed E-state index contributed by atoms with van der Waals surface area (Å²) < 4.78 is 15.5. The van der Waals surface area contributed by atoms with E-state index in [4.69, 9.17) is 25.5 Å². The zero-order valence-electron chi connectivity index (χ0n) is 13.9. The summed E-state index contributed by atoms with van der Waals surface area (Å²) in [5.41, 5.74) is 3.00.